The Hall–Kier alpha value is -4.51. The van der Waals surface area contributed by atoms with E-state index in [0.29, 0.717) is 28.6 Å². The number of anilines is 2. The molecule has 152 valence electrons. The van der Waals surface area contributed by atoms with Gasteiger partial charge in [0.15, 0.2) is 0 Å². The molecule has 2 aromatic heterocycles. The van der Waals surface area contributed by atoms with Crippen molar-refractivity contribution < 1.29 is 9.53 Å². The number of nitrogens with one attached hydrogen (secondary N) is 1. The van der Waals surface area contributed by atoms with Gasteiger partial charge in [-0.05, 0) is 36.8 Å². The van der Waals surface area contributed by atoms with E-state index in [0.717, 1.165) is 16.3 Å². The molecule has 0 spiro atoms. The zero-order valence-corrected chi connectivity index (χ0v) is 16.7. The van der Waals surface area contributed by atoms with Crippen molar-refractivity contribution >= 4 is 28.3 Å². The van der Waals surface area contributed by atoms with Gasteiger partial charge in [-0.15, -0.1) is 0 Å². The predicted molar refractivity (Wildman–Crippen MR) is 117 cm³/mol. The maximum atomic E-state index is 11.9. The number of hydrogen-bond donors (Lipinski definition) is 2. The Morgan fingerprint density at radius 3 is 2.77 bits per heavy atom. The predicted octanol–water partition coefficient (Wildman–Crippen LogP) is 4.23. The van der Waals surface area contributed by atoms with Gasteiger partial charge in [0.1, 0.15) is 12.2 Å². The molecule has 1 amide bonds. The van der Waals surface area contributed by atoms with Crippen LogP contribution in [0.4, 0.5) is 11.6 Å². The number of aryl methyl sites for hydroxylation is 1. The molecule has 0 aliphatic carbocycles. The second-order valence-corrected chi connectivity index (χ2v) is 6.75. The molecule has 8 nitrogen and oxygen atoms in total. The fraction of sp³-hybridized carbons (Fsp3) is 0.0870. The third-order valence-electron chi connectivity index (χ3n) is 4.64. The summed E-state index contributed by atoms with van der Waals surface area (Å²) < 4.78 is 6.28. The first-order valence-electron chi connectivity index (χ1n) is 9.47. The van der Waals surface area contributed by atoms with Crippen molar-refractivity contribution in [3.63, 3.8) is 0 Å². The van der Waals surface area contributed by atoms with E-state index in [1.807, 2.05) is 43.3 Å². The average molecular weight is 410 g/mol. The number of ether oxygens (including phenoxy) is 1. The SMILES string of the molecule is Cc1ccc2c(NC(=O)CC#N)cccc2c1Oc1ncccc1-c1ccnc(N)n1. The monoisotopic (exact) mass is 410 g/mol. The Kier molecular flexibility index (Phi) is 5.41. The molecule has 0 radical (unpaired) electrons. The second-order valence-electron chi connectivity index (χ2n) is 6.75. The van der Waals surface area contributed by atoms with Gasteiger partial charge in [-0.25, -0.2) is 15.0 Å². The number of aromatic nitrogens is 3. The highest BCUT2D eigenvalue weighted by Crippen LogP contribution is 2.38. The number of pyridine rings is 1. The maximum absolute atomic E-state index is 11.9. The summed E-state index contributed by atoms with van der Waals surface area (Å²) in [6.45, 7) is 1.93. The third-order valence-corrected chi connectivity index (χ3v) is 4.64. The normalized spacial score (nSPS) is 10.5. The minimum absolute atomic E-state index is 0.159. The third kappa shape index (κ3) is 4.11. The molecule has 0 saturated carbocycles. The largest absolute Gasteiger partial charge is 0.437 e. The van der Waals surface area contributed by atoms with Gasteiger partial charge in [0, 0.05) is 28.9 Å². The van der Waals surface area contributed by atoms with Crippen molar-refractivity contribution in [2.45, 2.75) is 13.3 Å². The second kappa shape index (κ2) is 8.47. The van der Waals surface area contributed by atoms with Crippen LogP contribution in [0.5, 0.6) is 11.6 Å². The van der Waals surface area contributed by atoms with Crippen LogP contribution in [0.25, 0.3) is 22.0 Å². The highest BCUT2D eigenvalue weighted by atomic mass is 16.5. The fourth-order valence-electron chi connectivity index (χ4n) is 3.24. The Bertz CT molecular complexity index is 1330. The molecule has 2 aromatic carbocycles. The molecular weight excluding hydrogens is 392 g/mol. The van der Waals surface area contributed by atoms with Crippen molar-refractivity contribution in [3.05, 3.63) is 66.5 Å². The molecule has 0 saturated heterocycles. The van der Waals surface area contributed by atoms with E-state index in [4.69, 9.17) is 15.7 Å². The Labute approximate surface area is 178 Å². The van der Waals surface area contributed by atoms with E-state index in [1.54, 1.807) is 30.6 Å². The lowest BCUT2D eigenvalue weighted by molar-refractivity contribution is -0.115. The van der Waals surface area contributed by atoms with Crippen molar-refractivity contribution in [1.29, 1.82) is 5.26 Å². The lowest BCUT2D eigenvalue weighted by atomic mass is 10.0. The van der Waals surface area contributed by atoms with Crippen LogP contribution in [0.3, 0.4) is 0 Å². The maximum Gasteiger partial charge on any atom is 0.238 e. The van der Waals surface area contributed by atoms with Gasteiger partial charge in [0.25, 0.3) is 0 Å². The van der Waals surface area contributed by atoms with Gasteiger partial charge in [0.05, 0.1) is 17.3 Å². The number of rotatable bonds is 5. The summed E-state index contributed by atoms with van der Waals surface area (Å²) in [7, 11) is 0. The lowest BCUT2D eigenvalue weighted by Gasteiger charge is -2.15. The van der Waals surface area contributed by atoms with Crippen molar-refractivity contribution in [2.24, 2.45) is 0 Å². The number of benzene rings is 2. The molecule has 31 heavy (non-hydrogen) atoms. The lowest BCUT2D eigenvalue weighted by Crippen LogP contribution is -2.10. The van der Waals surface area contributed by atoms with Gasteiger partial charge in [-0.3, -0.25) is 4.79 Å². The molecule has 3 N–H and O–H groups in total. The molecule has 8 heteroatoms. The van der Waals surface area contributed by atoms with Crippen LogP contribution in [-0.2, 0) is 4.79 Å². The quantitative estimate of drug-likeness (QED) is 0.504. The van der Waals surface area contributed by atoms with Crippen LogP contribution in [0.15, 0.2) is 60.9 Å². The molecule has 0 fully saturated rings. The standard InChI is InChI=1S/C23H18N6O2/c1-14-7-8-15-16(4-2-6-18(15)28-20(30)9-11-24)21(14)31-22-17(5-3-12-26-22)19-10-13-27-23(25)29-19/h2-8,10,12-13H,9H2,1H3,(H,28,30)(H2,25,27,29). The molecule has 4 rings (SSSR count). The van der Waals surface area contributed by atoms with E-state index < -0.39 is 0 Å². The van der Waals surface area contributed by atoms with Gasteiger partial charge >= 0.3 is 0 Å². The summed E-state index contributed by atoms with van der Waals surface area (Å²) in [6.07, 6.45) is 3.00. The molecule has 0 aliphatic rings. The average Bonchev–Trinajstić information content (AvgIpc) is 2.76. The molecule has 0 bridgehead atoms. The summed E-state index contributed by atoms with van der Waals surface area (Å²) in [6, 6.07) is 16.5. The van der Waals surface area contributed by atoms with Gasteiger partial charge in [-0.1, -0.05) is 24.3 Å². The van der Waals surface area contributed by atoms with E-state index >= 15 is 0 Å². The van der Waals surface area contributed by atoms with Gasteiger partial charge in [0.2, 0.25) is 17.7 Å². The molecule has 4 aromatic rings. The topological polar surface area (TPSA) is 127 Å². The van der Waals surface area contributed by atoms with Crippen LogP contribution >= 0.6 is 0 Å². The van der Waals surface area contributed by atoms with Crippen LogP contribution < -0.4 is 15.8 Å². The summed E-state index contributed by atoms with van der Waals surface area (Å²) >= 11 is 0. The van der Waals surface area contributed by atoms with Crippen molar-refractivity contribution in [3.8, 4) is 29.0 Å². The number of amides is 1. The summed E-state index contributed by atoms with van der Waals surface area (Å²) in [5.41, 5.74) is 8.50. The first-order chi connectivity index (χ1) is 15.1. The van der Waals surface area contributed by atoms with Crippen molar-refractivity contribution in [1.82, 2.24) is 15.0 Å². The molecular formula is C23H18N6O2. The summed E-state index contributed by atoms with van der Waals surface area (Å²) in [4.78, 5) is 24.5. The summed E-state index contributed by atoms with van der Waals surface area (Å²) in [5, 5.41) is 13.1. The molecule has 0 atom stereocenters. The summed E-state index contributed by atoms with van der Waals surface area (Å²) in [5.74, 6) is 0.767. The number of carbonyl (C=O) groups excluding carboxylic acids is 1. The number of fused-ring (bicyclic) bond motifs is 1. The number of nitrogens with two attached hydrogens (primary N) is 1. The van der Waals surface area contributed by atoms with E-state index in [2.05, 4.69) is 20.3 Å². The number of carbonyl (C=O) groups is 1. The van der Waals surface area contributed by atoms with Crippen LogP contribution in [0, 0.1) is 18.3 Å². The van der Waals surface area contributed by atoms with E-state index in [1.165, 1.54) is 0 Å². The first-order valence-corrected chi connectivity index (χ1v) is 9.47. The van der Waals surface area contributed by atoms with E-state index in [-0.39, 0.29) is 18.3 Å². The highest BCUT2D eigenvalue weighted by Gasteiger charge is 2.15. The smallest absolute Gasteiger partial charge is 0.238 e. The van der Waals surface area contributed by atoms with Crippen LogP contribution in [-0.4, -0.2) is 20.9 Å². The van der Waals surface area contributed by atoms with Gasteiger partial charge < -0.3 is 15.8 Å². The van der Waals surface area contributed by atoms with Crippen LogP contribution in [0.1, 0.15) is 12.0 Å². The number of nitriles is 1. The zero-order valence-electron chi connectivity index (χ0n) is 16.7. The minimum Gasteiger partial charge on any atom is -0.437 e. The first kappa shape index (κ1) is 19.8. The molecule has 0 aliphatic heterocycles. The van der Waals surface area contributed by atoms with E-state index in [9.17, 15) is 4.79 Å². The Balaban J connectivity index is 1.79. The Morgan fingerprint density at radius 1 is 1.10 bits per heavy atom. The highest BCUT2D eigenvalue weighted by molar-refractivity contribution is 6.04. The number of nitrogens with zero attached hydrogens (tertiary/aromatic N) is 4. The fourth-order valence-corrected chi connectivity index (χ4v) is 3.24. The number of nitrogen functional groups attached to an aromatic ring is 1. The van der Waals surface area contributed by atoms with Crippen molar-refractivity contribution in [2.75, 3.05) is 11.1 Å². The Morgan fingerprint density at radius 2 is 1.97 bits per heavy atom. The van der Waals surface area contributed by atoms with Crippen LogP contribution in [0.2, 0.25) is 0 Å². The minimum atomic E-state index is -0.369. The molecule has 2 heterocycles. The molecule has 0 unspecified atom stereocenters. The zero-order chi connectivity index (χ0) is 21.8. The van der Waals surface area contributed by atoms with Gasteiger partial charge in [-0.2, -0.15) is 5.26 Å². The number of hydrogen-bond acceptors (Lipinski definition) is 7.